The van der Waals surface area contributed by atoms with Crippen molar-refractivity contribution in [2.24, 2.45) is 17.8 Å². The van der Waals surface area contributed by atoms with E-state index >= 15 is 0 Å². The van der Waals surface area contributed by atoms with Gasteiger partial charge in [-0.15, -0.1) is 0 Å². The lowest BCUT2D eigenvalue weighted by molar-refractivity contribution is -0.0166. The lowest BCUT2D eigenvalue weighted by Gasteiger charge is -2.56. The van der Waals surface area contributed by atoms with Gasteiger partial charge in [0.15, 0.2) is 0 Å². The van der Waals surface area contributed by atoms with Crippen LogP contribution in [0.4, 0.5) is 0 Å². The quantitative estimate of drug-likeness (QED) is 0.644. The molecule has 0 aliphatic heterocycles. The second-order valence-corrected chi connectivity index (χ2v) is 10.2. The van der Waals surface area contributed by atoms with Crippen LogP contribution in [0.2, 0.25) is 0 Å². The van der Waals surface area contributed by atoms with Crippen molar-refractivity contribution in [2.75, 3.05) is 0 Å². The first-order valence-electron chi connectivity index (χ1n) is 11.8. The molecule has 2 heterocycles. The smallest absolute Gasteiger partial charge is 0.252 e. The van der Waals surface area contributed by atoms with Crippen LogP contribution in [0.3, 0.4) is 0 Å². The third kappa shape index (κ3) is 3.08. The highest BCUT2D eigenvalue weighted by molar-refractivity contribution is 6.07. The van der Waals surface area contributed by atoms with Gasteiger partial charge in [-0.05, 0) is 82.3 Å². The number of fused-ring (bicyclic) bond motifs is 1. The zero-order chi connectivity index (χ0) is 21.2. The van der Waals surface area contributed by atoms with Gasteiger partial charge in [-0.2, -0.15) is 5.10 Å². The van der Waals surface area contributed by atoms with Gasteiger partial charge in [0.05, 0.1) is 23.0 Å². The molecule has 0 radical (unpaired) electrons. The highest BCUT2D eigenvalue weighted by Crippen LogP contribution is 2.55. The van der Waals surface area contributed by atoms with Crippen LogP contribution in [-0.4, -0.2) is 26.2 Å². The first-order chi connectivity index (χ1) is 15.0. The van der Waals surface area contributed by atoms with Crippen molar-refractivity contribution >= 4 is 16.8 Å². The van der Waals surface area contributed by atoms with Gasteiger partial charge in [0, 0.05) is 28.7 Å². The zero-order valence-corrected chi connectivity index (χ0v) is 18.4. The summed E-state index contributed by atoms with van der Waals surface area (Å²) in [6, 6.07) is 9.97. The predicted molar refractivity (Wildman–Crippen MR) is 122 cm³/mol. The Bertz CT molecular complexity index is 1140. The fourth-order valence-corrected chi connectivity index (χ4v) is 7.09. The largest absolute Gasteiger partial charge is 0.347 e. The van der Waals surface area contributed by atoms with Crippen LogP contribution >= 0.6 is 0 Å². The molecule has 0 unspecified atom stereocenters. The molecule has 31 heavy (non-hydrogen) atoms. The van der Waals surface area contributed by atoms with Crippen molar-refractivity contribution in [3.05, 3.63) is 47.8 Å². The zero-order valence-electron chi connectivity index (χ0n) is 18.4. The number of pyridine rings is 1. The van der Waals surface area contributed by atoms with Gasteiger partial charge in [0.25, 0.3) is 5.91 Å². The second-order valence-electron chi connectivity index (χ2n) is 10.2. The molecule has 0 saturated heterocycles. The fraction of sp³-hybridized carbons (Fsp3) is 0.500. The number of para-hydroxylation sites is 1. The molecule has 160 valence electrons. The summed E-state index contributed by atoms with van der Waals surface area (Å²) in [5.74, 6) is 2.47. The Morgan fingerprint density at radius 2 is 1.81 bits per heavy atom. The van der Waals surface area contributed by atoms with Crippen molar-refractivity contribution in [2.45, 2.75) is 64.5 Å². The summed E-state index contributed by atoms with van der Waals surface area (Å²) < 4.78 is 1.97. The first kappa shape index (κ1) is 19.0. The molecular formula is C26H30N4O. The highest BCUT2D eigenvalue weighted by atomic mass is 16.1. The number of carbonyl (C=O) groups excluding carboxylic acids is 1. The number of benzene rings is 1. The third-order valence-electron chi connectivity index (χ3n) is 8.06. The number of amides is 1. The lowest BCUT2D eigenvalue weighted by Crippen LogP contribution is -2.59. The van der Waals surface area contributed by atoms with E-state index in [-0.39, 0.29) is 11.4 Å². The van der Waals surface area contributed by atoms with Crippen LogP contribution in [0.25, 0.3) is 22.2 Å². The van der Waals surface area contributed by atoms with E-state index in [9.17, 15) is 4.79 Å². The monoisotopic (exact) mass is 414 g/mol. The topological polar surface area (TPSA) is 59.8 Å². The van der Waals surface area contributed by atoms with E-state index in [2.05, 4.69) is 24.3 Å². The first-order valence-corrected chi connectivity index (χ1v) is 11.8. The van der Waals surface area contributed by atoms with E-state index < -0.39 is 0 Å². The molecule has 4 fully saturated rings. The molecule has 1 aromatic carbocycles. The number of aromatic nitrogens is 3. The molecule has 1 N–H and O–H groups in total. The summed E-state index contributed by atoms with van der Waals surface area (Å²) in [6.07, 6.45) is 9.46. The van der Waals surface area contributed by atoms with Crippen molar-refractivity contribution in [3.8, 4) is 11.3 Å². The van der Waals surface area contributed by atoms with Gasteiger partial charge < -0.3 is 5.32 Å². The van der Waals surface area contributed by atoms with E-state index in [0.29, 0.717) is 0 Å². The molecule has 1 amide bonds. The molecule has 3 aromatic rings. The van der Waals surface area contributed by atoms with E-state index in [1.54, 1.807) is 0 Å². The van der Waals surface area contributed by atoms with E-state index in [1.807, 2.05) is 41.2 Å². The van der Waals surface area contributed by atoms with Gasteiger partial charge in [-0.3, -0.25) is 9.48 Å². The minimum Gasteiger partial charge on any atom is -0.347 e. The molecule has 4 aliphatic rings. The summed E-state index contributed by atoms with van der Waals surface area (Å²) in [4.78, 5) is 18.6. The van der Waals surface area contributed by atoms with E-state index in [4.69, 9.17) is 4.98 Å². The molecule has 2 aromatic heterocycles. The molecule has 0 spiro atoms. The number of nitrogens with zero attached hydrogens (tertiary/aromatic N) is 3. The standard InChI is InChI=1S/C26H30N4O/c1-3-30-16(2)22(15-27-30)24-11-21(20-6-4-5-7-23(20)28-24)25(31)29-26-12-17-8-18(13-26)10-19(9-17)14-26/h4-7,11,15,17-19H,3,8-10,12-14H2,1-2H3,(H,29,31). The summed E-state index contributed by atoms with van der Waals surface area (Å²) in [6.45, 7) is 4.97. The van der Waals surface area contributed by atoms with Crippen molar-refractivity contribution in [1.82, 2.24) is 20.1 Å². The maximum absolute atomic E-state index is 13.7. The van der Waals surface area contributed by atoms with E-state index in [0.717, 1.165) is 77.0 Å². The average molecular weight is 415 g/mol. The normalized spacial score (nSPS) is 28.9. The Morgan fingerprint density at radius 3 is 2.45 bits per heavy atom. The van der Waals surface area contributed by atoms with Crippen LogP contribution in [0.1, 0.15) is 61.5 Å². The number of aryl methyl sites for hydroxylation is 1. The molecular weight excluding hydrogens is 384 g/mol. The highest BCUT2D eigenvalue weighted by Gasteiger charge is 2.51. The van der Waals surface area contributed by atoms with Crippen molar-refractivity contribution in [3.63, 3.8) is 0 Å². The Hall–Kier alpha value is -2.69. The summed E-state index contributed by atoms with van der Waals surface area (Å²) in [5.41, 5.74) is 4.50. The van der Waals surface area contributed by atoms with Gasteiger partial charge >= 0.3 is 0 Å². The Kier molecular flexibility index (Phi) is 4.24. The minimum atomic E-state index is -0.000614. The number of hydrogen-bond donors (Lipinski definition) is 1. The Labute approximate surface area is 183 Å². The minimum absolute atomic E-state index is 0.000614. The van der Waals surface area contributed by atoms with Gasteiger partial charge in [0.2, 0.25) is 0 Å². The number of carbonyl (C=O) groups is 1. The van der Waals surface area contributed by atoms with Crippen LogP contribution in [0, 0.1) is 24.7 Å². The van der Waals surface area contributed by atoms with Crippen LogP contribution < -0.4 is 5.32 Å². The summed E-state index contributed by atoms with van der Waals surface area (Å²) in [7, 11) is 0. The maximum atomic E-state index is 13.7. The predicted octanol–water partition coefficient (Wildman–Crippen LogP) is 5.13. The Morgan fingerprint density at radius 1 is 1.13 bits per heavy atom. The van der Waals surface area contributed by atoms with Crippen LogP contribution in [0.15, 0.2) is 36.5 Å². The van der Waals surface area contributed by atoms with Crippen molar-refractivity contribution in [1.29, 1.82) is 0 Å². The number of rotatable bonds is 4. The van der Waals surface area contributed by atoms with Gasteiger partial charge in [-0.1, -0.05) is 18.2 Å². The third-order valence-corrected chi connectivity index (χ3v) is 8.06. The summed E-state index contributed by atoms with van der Waals surface area (Å²) in [5, 5.41) is 8.97. The van der Waals surface area contributed by atoms with Crippen LogP contribution in [-0.2, 0) is 6.54 Å². The molecule has 4 aliphatic carbocycles. The molecule has 5 heteroatoms. The summed E-state index contributed by atoms with van der Waals surface area (Å²) >= 11 is 0. The second kappa shape index (κ2) is 6.91. The number of nitrogens with one attached hydrogen (secondary N) is 1. The van der Waals surface area contributed by atoms with Crippen molar-refractivity contribution < 1.29 is 4.79 Å². The molecule has 0 atom stereocenters. The molecule has 7 rings (SSSR count). The maximum Gasteiger partial charge on any atom is 0.252 e. The average Bonchev–Trinajstić information content (AvgIpc) is 3.12. The lowest BCUT2D eigenvalue weighted by atomic mass is 9.53. The fourth-order valence-electron chi connectivity index (χ4n) is 7.09. The van der Waals surface area contributed by atoms with Crippen LogP contribution in [0.5, 0.6) is 0 Å². The van der Waals surface area contributed by atoms with Gasteiger partial charge in [0.1, 0.15) is 0 Å². The van der Waals surface area contributed by atoms with E-state index in [1.165, 1.54) is 19.3 Å². The SMILES string of the molecule is CCn1ncc(-c2cc(C(=O)NC34CC5CC(CC(C5)C3)C4)c3ccccc3n2)c1C. The Balaban J connectivity index is 1.40. The van der Waals surface area contributed by atoms with Gasteiger partial charge in [-0.25, -0.2) is 4.98 Å². The molecule has 4 bridgehead atoms. The molecule has 4 saturated carbocycles. The molecule has 5 nitrogen and oxygen atoms in total. The number of hydrogen-bond acceptors (Lipinski definition) is 3.